The summed E-state index contributed by atoms with van der Waals surface area (Å²) in [7, 11) is 2.05. The van der Waals surface area contributed by atoms with E-state index in [1.54, 1.807) is 12.3 Å². The van der Waals surface area contributed by atoms with E-state index in [9.17, 15) is 5.11 Å². The van der Waals surface area contributed by atoms with Crippen molar-refractivity contribution in [2.24, 2.45) is 0 Å². The van der Waals surface area contributed by atoms with Gasteiger partial charge in [0.25, 0.3) is 0 Å². The quantitative estimate of drug-likeness (QED) is 0.404. The lowest BCUT2D eigenvalue weighted by atomic mass is 10.1. The first-order valence-electron chi connectivity index (χ1n) is 11.5. The summed E-state index contributed by atoms with van der Waals surface area (Å²) in [5.74, 6) is 2.20. The highest BCUT2D eigenvalue weighted by Crippen LogP contribution is 2.31. The smallest absolute Gasteiger partial charge is 0.180 e. The molecule has 0 saturated heterocycles. The minimum Gasteiger partial charge on any atom is -0.491 e. The number of pyridine rings is 1. The second-order valence-electron chi connectivity index (χ2n) is 9.30. The van der Waals surface area contributed by atoms with Gasteiger partial charge in [-0.1, -0.05) is 6.92 Å². The summed E-state index contributed by atoms with van der Waals surface area (Å²) in [6.07, 6.45) is 4.90. The summed E-state index contributed by atoms with van der Waals surface area (Å²) in [6.45, 7) is 10.4. The molecule has 0 radical (unpaired) electrons. The Morgan fingerprint density at radius 1 is 1.25 bits per heavy atom. The summed E-state index contributed by atoms with van der Waals surface area (Å²) >= 11 is 0. The van der Waals surface area contributed by atoms with Gasteiger partial charge in [-0.3, -0.25) is 10.3 Å². The van der Waals surface area contributed by atoms with Crippen molar-refractivity contribution in [3.05, 3.63) is 29.6 Å². The molecule has 3 rings (SSSR count). The van der Waals surface area contributed by atoms with E-state index in [-0.39, 0.29) is 12.1 Å². The van der Waals surface area contributed by atoms with E-state index in [0.29, 0.717) is 37.0 Å². The normalized spacial score (nSPS) is 14.3. The van der Waals surface area contributed by atoms with Gasteiger partial charge in [0.2, 0.25) is 0 Å². The van der Waals surface area contributed by atoms with E-state index in [2.05, 4.69) is 36.0 Å². The van der Waals surface area contributed by atoms with Crippen molar-refractivity contribution in [1.82, 2.24) is 20.3 Å². The van der Waals surface area contributed by atoms with Crippen LogP contribution in [0.2, 0.25) is 0 Å². The van der Waals surface area contributed by atoms with Crippen LogP contribution in [0.5, 0.6) is 5.75 Å². The van der Waals surface area contributed by atoms with Crippen molar-refractivity contribution in [3.8, 4) is 17.3 Å². The highest BCUT2D eigenvalue weighted by molar-refractivity contribution is 5.59. The second kappa shape index (κ2) is 11.0. The minimum absolute atomic E-state index is 0.0359. The molecule has 2 aromatic rings. The van der Waals surface area contributed by atoms with Crippen LogP contribution in [0.4, 0.5) is 5.82 Å². The number of nitrogens with one attached hydrogen (secondary N) is 1. The molecular weight excluding hydrogens is 406 g/mol. The molecule has 0 aromatic carbocycles. The number of nitrogens with zero attached hydrogens (tertiary/aromatic N) is 4. The van der Waals surface area contributed by atoms with Gasteiger partial charge in [0.15, 0.2) is 5.82 Å². The van der Waals surface area contributed by atoms with Gasteiger partial charge in [-0.05, 0) is 52.5 Å². The number of aryl methyl sites for hydroxylation is 1. The predicted molar refractivity (Wildman–Crippen MR) is 126 cm³/mol. The number of aliphatic hydroxyl groups excluding tert-OH is 1. The van der Waals surface area contributed by atoms with E-state index in [4.69, 9.17) is 19.4 Å². The summed E-state index contributed by atoms with van der Waals surface area (Å²) in [5.41, 5.74) is 3.03. The molecule has 0 amide bonds. The summed E-state index contributed by atoms with van der Waals surface area (Å²) in [4.78, 5) is 16.3. The molecule has 2 heterocycles. The SMILES string of the molecule is CC[C@@H](O)COc1ccnc(-c2nc3c(c(N(C)CCOCNC(C)(C)C)n2)CCC3)c1. The molecule has 32 heavy (non-hydrogen) atoms. The van der Waals surface area contributed by atoms with E-state index < -0.39 is 6.10 Å². The van der Waals surface area contributed by atoms with Crippen LogP contribution in [0.15, 0.2) is 18.3 Å². The van der Waals surface area contributed by atoms with Gasteiger partial charge < -0.3 is 19.5 Å². The Morgan fingerprint density at radius 2 is 2.06 bits per heavy atom. The predicted octanol–water partition coefficient (Wildman–Crippen LogP) is 2.98. The molecule has 0 unspecified atom stereocenters. The number of fused-ring (bicyclic) bond motifs is 1. The zero-order valence-electron chi connectivity index (χ0n) is 20.0. The van der Waals surface area contributed by atoms with E-state index >= 15 is 0 Å². The Labute approximate surface area is 191 Å². The lowest BCUT2D eigenvalue weighted by Gasteiger charge is -2.23. The third-order valence-electron chi connectivity index (χ3n) is 5.42. The standard InChI is InChI=1S/C24H37N5O3/c1-6-17(30)15-32-18-10-11-25-21(14-18)22-27-20-9-7-8-19(20)23(28-22)29(5)12-13-31-16-26-24(2,3)4/h10-11,14,17,26,30H,6-9,12-13,15-16H2,1-5H3/t17-/m1/s1. The Balaban J connectivity index is 1.72. The molecule has 1 atom stereocenters. The number of aromatic nitrogens is 3. The number of likely N-dealkylation sites (N-methyl/N-ethyl adjacent to an activating group) is 1. The molecule has 176 valence electrons. The van der Waals surface area contributed by atoms with Crippen LogP contribution in [0.1, 0.15) is 51.8 Å². The van der Waals surface area contributed by atoms with Crippen molar-refractivity contribution in [3.63, 3.8) is 0 Å². The molecule has 0 aliphatic heterocycles. The molecule has 8 heteroatoms. The first-order valence-corrected chi connectivity index (χ1v) is 11.5. The first kappa shape index (κ1) is 24.4. The van der Waals surface area contributed by atoms with Crippen LogP contribution in [0.25, 0.3) is 11.5 Å². The fourth-order valence-corrected chi connectivity index (χ4v) is 3.42. The number of hydrogen-bond donors (Lipinski definition) is 2. The Morgan fingerprint density at radius 3 is 2.81 bits per heavy atom. The Bertz CT molecular complexity index is 884. The van der Waals surface area contributed by atoms with Crippen molar-refractivity contribution in [2.75, 3.05) is 38.4 Å². The van der Waals surface area contributed by atoms with Crippen molar-refractivity contribution in [2.45, 2.75) is 65.0 Å². The van der Waals surface area contributed by atoms with Crippen LogP contribution in [-0.2, 0) is 17.6 Å². The topological polar surface area (TPSA) is 92.6 Å². The molecule has 1 aliphatic rings. The van der Waals surface area contributed by atoms with Crippen LogP contribution >= 0.6 is 0 Å². The van der Waals surface area contributed by atoms with Gasteiger partial charge in [-0.15, -0.1) is 0 Å². The average Bonchev–Trinajstić information content (AvgIpc) is 3.24. The van der Waals surface area contributed by atoms with E-state index in [1.807, 2.05) is 20.0 Å². The third-order valence-corrected chi connectivity index (χ3v) is 5.42. The number of anilines is 1. The number of hydrogen-bond acceptors (Lipinski definition) is 8. The van der Waals surface area contributed by atoms with Gasteiger partial charge in [-0.2, -0.15) is 0 Å². The van der Waals surface area contributed by atoms with Crippen molar-refractivity contribution in [1.29, 1.82) is 0 Å². The first-order chi connectivity index (χ1) is 15.3. The molecule has 8 nitrogen and oxygen atoms in total. The van der Waals surface area contributed by atoms with Crippen LogP contribution in [0, 0.1) is 0 Å². The van der Waals surface area contributed by atoms with Gasteiger partial charge in [0.05, 0.1) is 19.4 Å². The molecule has 2 N–H and O–H groups in total. The third kappa shape index (κ3) is 6.85. The van der Waals surface area contributed by atoms with E-state index in [1.165, 1.54) is 5.56 Å². The average molecular weight is 444 g/mol. The van der Waals surface area contributed by atoms with Gasteiger partial charge >= 0.3 is 0 Å². The Kier molecular flexibility index (Phi) is 8.39. The fourth-order valence-electron chi connectivity index (χ4n) is 3.42. The maximum absolute atomic E-state index is 9.77. The fraction of sp³-hybridized carbons (Fsp3) is 0.625. The van der Waals surface area contributed by atoms with E-state index in [0.717, 1.165) is 37.3 Å². The maximum atomic E-state index is 9.77. The van der Waals surface area contributed by atoms with Crippen LogP contribution in [-0.4, -0.2) is 65.2 Å². The number of aliphatic hydroxyl groups is 1. The minimum atomic E-state index is -0.482. The zero-order chi connectivity index (χ0) is 23.1. The lowest BCUT2D eigenvalue weighted by molar-refractivity contribution is 0.104. The monoisotopic (exact) mass is 443 g/mol. The highest BCUT2D eigenvalue weighted by Gasteiger charge is 2.22. The van der Waals surface area contributed by atoms with Gasteiger partial charge in [0, 0.05) is 42.7 Å². The largest absolute Gasteiger partial charge is 0.491 e. The van der Waals surface area contributed by atoms with Gasteiger partial charge in [-0.25, -0.2) is 9.97 Å². The zero-order valence-corrected chi connectivity index (χ0v) is 20.0. The van der Waals surface area contributed by atoms with Crippen LogP contribution < -0.4 is 15.0 Å². The molecule has 0 bridgehead atoms. The molecule has 2 aromatic heterocycles. The molecule has 0 saturated carbocycles. The number of ether oxygens (including phenoxy) is 2. The molecule has 0 fully saturated rings. The van der Waals surface area contributed by atoms with Crippen molar-refractivity contribution < 1.29 is 14.6 Å². The molecule has 1 aliphatic carbocycles. The summed E-state index contributed by atoms with van der Waals surface area (Å²) in [5, 5.41) is 13.1. The maximum Gasteiger partial charge on any atom is 0.180 e. The number of rotatable bonds is 11. The molecular formula is C24H37N5O3. The lowest BCUT2D eigenvalue weighted by Crippen LogP contribution is -2.38. The van der Waals surface area contributed by atoms with Gasteiger partial charge in [0.1, 0.15) is 23.9 Å². The second-order valence-corrected chi connectivity index (χ2v) is 9.30. The van der Waals surface area contributed by atoms with Crippen molar-refractivity contribution >= 4 is 5.82 Å². The summed E-state index contributed by atoms with van der Waals surface area (Å²) in [6, 6.07) is 3.62. The highest BCUT2D eigenvalue weighted by atomic mass is 16.5. The van der Waals surface area contributed by atoms with Crippen LogP contribution in [0.3, 0.4) is 0 Å². The summed E-state index contributed by atoms with van der Waals surface area (Å²) < 4.78 is 11.5. The molecule has 0 spiro atoms. The Hall–Kier alpha value is -2.29.